The first-order valence-corrected chi connectivity index (χ1v) is 13.6. The van der Waals surface area contributed by atoms with Crippen molar-refractivity contribution >= 4 is 17.5 Å². The van der Waals surface area contributed by atoms with Gasteiger partial charge in [0.15, 0.2) is 11.4 Å². The average Bonchev–Trinajstić information content (AvgIpc) is 2.95. The summed E-state index contributed by atoms with van der Waals surface area (Å²) in [6.07, 6.45) is 0.239. The molecule has 0 heterocycles. The Morgan fingerprint density at radius 3 is 2.05 bits per heavy atom. The second-order valence-electron chi connectivity index (χ2n) is 11.4. The molecular weight excluding hydrogens is 536 g/mol. The highest BCUT2D eigenvalue weighted by atomic mass is 16.3. The molecule has 0 radical (unpaired) electrons. The first-order valence-electron chi connectivity index (χ1n) is 13.6. The standard InChI is InChI=1S/C33H30N2O7/c1-35(2)26-22-14-18-13-21-19(16-9-5-3-6-10-16)15-20(17-11-7-4-8-12-17)27(36)24(21)28(37)23(18)30(39)33(22,42)31(40)25(29(26)38)32(34)41/h3-12,15,18,22,26,36,38-39,42H,13-14H2,1-2H3,(H2,34,41). The number of aliphatic hydroxyl groups excluding tert-OH is 2. The number of Topliss-reactive ketones (excluding diaryl/α,β-unsaturated/α-hetero) is 2. The number of rotatable bonds is 4. The summed E-state index contributed by atoms with van der Waals surface area (Å²) in [4.78, 5) is 41.6. The summed E-state index contributed by atoms with van der Waals surface area (Å²) in [5.41, 5.74) is 4.93. The molecule has 4 unspecified atom stereocenters. The summed E-state index contributed by atoms with van der Waals surface area (Å²) in [5.74, 6) is -6.72. The maximum absolute atomic E-state index is 14.3. The number of amides is 1. The van der Waals surface area contributed by atoms with Gasteiger partial charge in [-0.3, -0.25) is 19.3 Å². The van der Waals surface area contributed by atoms with E-state index in [9.17, 15) is 34.8 Å². The molecule has 42 heavy (non-hydrogen) atoms. The van der Waals surface area contributed by atoms with Gasteiger partial charge in [0.2, 0.25) is 5.78 Å². The number of primary amides is 1. The minimum atomic E-state index is -2.68. The van der Waals surface area contributed by atoms with Crippen LogP contribution >= 0.6 is 0 Å². The number of hydrogen-bond acceptors (Lipinski definition) is 8. The molecule has 4 atom stereocenters. The molecule has 0 bridgehead atoms. The second kappa shape index (κ2) is 9.68. The van der Waals surface area contributed by atoms with E-state index in [1.54, 1.807) is 14.1 Å². The van der Waals surface area contributed by atoms with Crippen molar-refractivity contribution in [3.8, 4) is 28.0 Å². The number of fused-ring (bicyclic) bond motifs is 3. The number of likely N-dealkylation sites (N-methyl/N-ethyl adjacent to an activating group) is 1. The van der Waals surface area contributed by atoms with Crippen LogP contribution in [0, 0.1) is 11.8 Å². The zero-order valence-electron chi connectivity index (χ0n) is 23.0. The van der Waals surface area contributed by atoms with Crippen molar-refractivity contribution in [2.24, 2.45) is 17.6 Å². The number of nitrogens with two attached hydrogens (primary N) is 1. The average molecular weight is 567 g/mol. The van der Waals surface area contributed by atoms with Crippen molar-refractivity contribution in [3.63, 3.8) is 0 Å². The predicted molar refractivity (Wildman–Crippen MR) is 155 cm³/mol. The largest absolute Gasteiger partial charge is 0.510 e. The first kappa shape index (κ1) is 27.4. The van der Waals surface area contributed by atoms with Crippen LogP contribution in [0.25, 0.3) is 22.3 Å². The van der Waals surface area contributed by atoms with Crippen LogP contribution in [0.15, 0.2) is 89.4 Å². The van der Waals surface area contributed by atoms with Gasteiger partial charge in [0.1, 0.15) is 22.8 Å². The molecule has 0 aliphatic heterocycles. The normalized spacial score (nSPS) is 25.3. The molecular formula is C33H30N2O7. The Hall–Kier alpha value is -4.73. The highest BCUT2D eigenvalue weighted by Gasteiger charge is 2.63. The smallest absolute Gasteiger partial charge is 0.255 e. The second-order valence-corrected chi connectivity index (χ2v) is 11.4. The minimum Gasteiger partial charge on any atom is -0.510 e. The van der Waals surface area contributed by atoms with E-state index >= 15 is 0 Å². The van der Waals surface area contributed by atoms with Gasteiger partial charge < -0.3 is 26.2 Å². The van der Waals surface area contributed by atoms with Crippen LogP contribution in [0.1, 0.15) is 22.3 Å². The monoisotopic (exact) mass is 566 g/mol. The molecule has 6 N–H and O–H groups in total. The molecule has 9 nitrogen and oxygen atoms in total. The molecule has 0 spiro atoms. The Morgan fingerprint density at radius 1 is 0.929 bits per heavy atom. The number of aliphatic hydroxyl groups is 3. The van der Waals surface area contributed by atoms with E-state index in [4.69, 9.17) is 5.73 Å². The van der Waals surface area contributed by atoms with Crippen LogP contribution in [0.2, 0.25) is 0 Å². The van der Waals surface area contributed by atoms with Crippen molar-refractivity contribution in [1.82, 2.24) is 4.90 Å². The third-order valence-electron chi connectivity index (χ3n) is 8.89. The number of benzene rings is 3. The number of hydrogen-bond donors (Lipinski definition) is 5. The van der Waals surface area contributed by atoms with E-state index in [-0.39, 0.29) is 29.7 Å². The predicted octanol–water partition coefficient (Wildman–Crippen LogP) is 3.45. The fourth-order valence-electron chi connectivity index (χ4n) is 7.03. The van der Waals surface area contributed by atoms with E-state index in [2.05, 4.69) is 0 Å². The highest BCUT2D eigenvalue weighted by molar-refractivity contribution is 6.25. The van der Waals surface area contributed by atoms with Gasteiger partial charge in [-0.05, 0) is 61.2 Å². The van der Waals surface area contributed by atoms with E-state index < -0.39 is 58.0 Å². The minimum absolute atomic E-state index is 0.0176. The van der Waals surface area contributed by atoms with Gasteiger partial charge >= 0.3 is 0 Å². The van der Waals surface area contributed by atoms with Crippen molar-refractivity contribution < 1.29 is 34.8 Å². The number of carbonyl (C=O) groups is 3. The van der Waals surface area contributed by atoms with E-state index in [1.807, 2.05) is 66.7 Å². The summed E-state index contributed by atoms with van der Waals surface area (Å²) >= 11 is 0. The van der Waals surface area contributed by atoms with Crippen molar-refractivity contribution in [1.29, 1.82) is 0 Å². The Morgan fingerprint density at radius 2 is 1.50 bits per heavy atom. The Labute approximate surface area is 241 Å². The van der Waals surface area contributed by atoms with Crippen LogP contribution < -0.4 is 5.73 Å². The maximum atomic E-state index is 14.3. The quantitative estimate of drug-likeness (QED) is 0.300. The molecule has 6 rings (SSSR count). The first-order chi connectivity index (χ1) is 20.0. The van der Waals surface area contributed by atoms with Gasteiger partial charge in [-0.25, -0.2) is 0 Å². The lowest BCUT2D eigenvalue weighted by atomic mass is 9.58. The maximum Gasteiger partial charge on any atom is 0.255 e. The molecule has 3 aromatic carbocycles. The number of allylic oxidation sites excluding steroid dienone is 1. The van der Waals surface area contributed by atoms with Gasteiger partial charge in [-0.15, -0.1) is 0 Å². The number of ketones is 2. The lowest BCUT2D eigenvalue weighted by Crippen LogP contribution is -2.63. The van der Waals surface area contributed by atoms with E-state index in [1.165, 1.54) is 4.90 Å². The number of phenols is 1. The van der Waals surface area contributed by atoms with Crippen LogP contribution in [0.4, 0.5) is 0 Å². The molecule has 214 valence electrons. The number of phenolic OH excluding ortho intramolecular Hbond substituents is 1. The van der Waals surface area contributed by atoms with E-state index in [0.29, 0.717) is 16.7 Å². The highest BCUT2D eigenvalue weighted by Crippen LogP contribution is 2.54. The third kappa shape index (κ3) is 3.74. The van der Waals surface area contributed by atoms with Gasteiger partial charge in [0.05, 0.1) is 11.6 Å². The van der Waals surface area contributed by atoms with Gasteiger partial charge in [-0.2, -0.15) is 0 Å². The summed E-state index contributed by atoms with van der Waals surface area (Å²) in [6.45, 7) is 0. The third-order valence-corrected chi connectivity index (χ3v) is 8.89. The van der Waals surface area contributed by atoms with Crippen molar-refractivity contribution in [2.75, 3.05) is 14.1 Å². The van der Waals surface area contributed by atoms with Gasteiger partial charge in [-0.1, -0.05) is 60.7 Å². The van der Waals surface area contributed by atoms with Crippen LogP contribution in [-0.2, 0) is 16.0 Å². The molecule has 0 aromatic heterocycles. The van der Waals surface area contributed by atoms with Gasteiger partial charge in [0.25, 0.3) is 5.91 Å². The molecule has 3 aliphatic rings. The van der Waals surface area contributed by atoms with E-state index in [0.717, 1.165) is 11.1 Å². The fraction of sp³-hybridized carbons (Fsp3) is 0.242. The number of aromatic hydroxyl groups is 1. The summed E-state index contributed by atoms with van der Waals surface area (Å²) in [5, 5.41) is 46.0. The lowest BCUT2D eigenvalue weighted by molar-refractivity contribution is -0.148. The fourth-order valence-corrected chi connectivity index (χ4v) is 7.03. The summed E-state index contributed by atoms with van der Waals surface area (Å²) < 4.78 is 0. The molecule has 0 fully saturated rings. The molecule has 3 aromatic rings. The Bertz CT molecular complexity index is 1730. The zero-order valence-corrected chi connectivity index (χ0v) is 23.0. The zero-order chi connectivity index (χ0) is 30.1. The number of carbonyl (C=O) groups excluding carboxylic acids is 3. The van der Waals surface area contributed by atoms with Crippen LogP contribution in [0.3, 0.4) is 0 Å². The molecule has 1 amide bonds. The van der Waals surface area contributed by atoms with Crippen LogP contribution in [-0.4, -0.2) is 68.5 Å². The van der Waals surface area contributed by atoms with Crippen molar-refractivity contribution in [2.45, 2.75) is 24.5 Å². The molecule has 0 saturated heterocycles. The Balaban J connectivity index is 1.61. The van der Waals surface area contributed by atoms with Crippen molar-refractivity contribution in [3.05, 3.63) is 101 Å². The van der Waals surface area contributed by atoms with Gasteiger partial charge in [0, 0.05) is 17.1 Å². The number of nitrogens with zero attached hydrogens (tertiary/aromatic N) is 1. The molecule has 0 saturated carbocycles. The topological polar surface area (TPSA) is 161 Å². The summed E-state index contributed by atoms with van der Waals surface area (Å²) in [6, 6.07) is 19.3. The lowest BCUT2D eigenvalue weighted by Gasteiger charge is -2.50. The van der Waals surface area contributed by atoms with Crippen LogP contribution in [0.5, 0.6) is 5.75 Å². The SMILES string of the molecule is CN(C)C1C(O)=C(C(N)=O)C(=O)C2(O)C(O)=C3C(=O)c4c(O)c(-c5ccccc5)cc(-c5ccccc5)c4CC3CC12. The molecule has 9 heteroatoms. The Kier molecular flexibility index (Phi) is 6.32. The molecule has 3 aliphatic carbocycles. The summed E-state index contributed by atoms with van der Waals surface area (Å²) in [7, 11) is 3.20.